The topological polar surface area (TPSA) is 52.1 Å². The highest BCUT2D eigenvalue weighted by Gasteiger charge is 2.16. The van der Waals surface area contributed by atoms with E-state index in [1.165, 1.54) is 5.56 Å². The van der Waals surface area contributed by atoms with Gasteiger partial charge in [0.25, 0.3) is 0 Å². The molecular formula is C21H37N5O. The maximum atomic E-state index is 5.35. The molecule has 0 saturated carbocycles. The van der Waals surface area contributed by atoms with E-state index < -0.39 is 0 Å². The van der Waals surface area contributed by atoms with Crippen LogP contribution in [0.2, 0.25) is 0 Å². The Hall–Kier alpha value is -1.63. The Kier molecular flexibility index (Phi) is 10.9. The summed E-state index contributed by atoms with van der Waals surface area (Å²) in [5, 5.41) is 6.74. The molecule has 0 spiro atoms. The average molecular weight is 376 g/mol. The molecule has 2 rings (SSSR count). The molecule has 6 nitrogen and oxygen atoms in total. The van der Waals surface area contributed by atoms with E-state index in [1.807, 2.05) is 14.0 Å². The SMILES string of the molecule is CCOCCCNC(=NC)NCCCN1CCN(Cc2ccccc2)CC1. The zero-order chi connectivity index (χ0) is 19.2. The number of nitrogens with zero attached hydrogens (tertiary/aromatic N) is 3. The summed E-state index contributed by atoms with van der Waals surface area (Å²) in [5.41, 5.74) is 1.41. The first kappa shape index (κ1) is 21.7. The highest BCUT2D eigenvalue weighted by Crippen LogP contribution is 2.08. The van der Waals surface area contributed by atoms with Crippen LogP contribution in [0.5, 0.6) is 0 Å². The maximum Gasteiger partial charge on any atom is 0.190 e. The van der Waals surface area contributed by atoms with Gasteiger partial charge in [-0.1, -0.05) is 30.3 Å². The molecule has 1 aliphatic heterocycles. The third-order valence-electron chi connectivity index (χ3n) is 4.84. The Bertz CT molecular complexity index is 515. The number of benzene rings is 1. The van der Waals surface area contributed by atoms with Gasteiger partial charge in [-0.15, -0.1) is 0 Å². The van der Waals surface area contributed by atoms with Crippen molar-refractivity contribution in [1.82, 2.24) is 20.4 Å². The minimum atomic E-state index is 0.785. The van der Waals surface area contributed by atoms with Gasteiger partial charge >= 0.3 is 0 Å². The molecule has 0 aliphatic carbocycles. The third kappa shape index (κ3) is 9.22. The van der Waals surface area contributed by atoms with Gasteiger partial charge in [-0.25, -0.2) is 0 Å². The van der Waals surface area contributed by atoms with Gasteiger partial charge in [-0.2, -0.15) is 0 Å². The van der Waals surface area contributed by atoms with Crippen molar-refractivity contribution in [2.75, 3.05) is 66.1 Å². The van der Waals surface area contributed by atoms with Crippen molar-refractivity contribution >= 4 is 5.96 Å². The first-order valence-electron chi connectivity index (χ1n) is 10.3. The van der Waals surface area contributed by atoms with Crippen molar-refractivity contribution in [3.8, 4) is 0 Å². The molecule has 0 amide bonds. The van der Waals surface area contributed by atoms with E-state index in [4.69, 9.17) is 4.74 Å². The second-order valence-corrected chi connectivity index (χ2v) is 6.93. The van der Waals surface area contributed by atoms with Crippen LogP contribution < -0.4 is 10.6 Å². The summed E-state index contributed by atoms with van der Waals surface area (Å²) in [7, 11) is 1.82. The van der Waals surface area contributed by atoms with Gasteiger partial charge in [0.15, 0.2) is 5.96 Å². The monoisotopic (exact) mass is 375 g/mol. The van der Waals surface area contributed by atoms with E-state index in [2.05, 4.69) is 55.8 Å². The molecule has 2 N–H and O–H groups in total. The minimum absolute atomic E-state index is 0.785. The van der Waals surface area contributed by atoms with E-state index in [0.29, 0.717) is 0 Å². The number of hydrogen-bond acceptors (Lipinski definition) is 4. The van der Waals surface area contributed by atoms with Crippen molar-refractivity contribution in [3.63, 3.8) is 0 Å². The molecule has 0 aromatic heterocycles. The first-order valence-corrected chi connectivity index (χ1v) is 10.3. The van der Waals surface area contributed by atoms with Gasteiger partial charge in [0, 0.05) is 66.1 Å². The predicted molar refractivity (Wildman–Crippen MR) is 113 cm³/mol. The number of rotatable bonds is 11. The molecule has 152 valence electrons. The van der Waals surface area contributed by atoms with Crippen LogP contribution in [0.4, 0.5) is 0 Å². The fraction of sp³-hybridized carbons (Fsp3) is 0.667. The normalized spacial score (nSPS) is 16.4. The van der Waals surface area contributed by atoms with Crippen LogP contribution >= 0.6 is 0 Å². The fourth-order valence-electron chi connectivity index (χ4n) is 3.27. The van der Waals surface area contributed by atoms with Crippen molar-refractivity contribution in [1.29, 1.82) is 0 Å². The van der Waals surface area contributed by atoms with Crippen LogP contribution in [0.25, 0.3) is 0 Å². The van der Waals surface area contributed by atoms with Crippen molar-refractivity contribution in [2.24, 2.45) is 4.99 Å². The highest BCUT2D eigenvalue weighted by molar-refractivity contribution is 5.79. The first-order chi connectivity index (χ1) is 13.3. The number of hydrogen-bond donors (Lipinski definition) is 2. The lowest BCUT2D eigenvalue weighted by Crippen LogP contribution is -2.46. The van der Waals surface area contributed by atoms with Gasteiger partial charge in [0.2, 0.25) is 0 Å². The summed E-state index contributed by atoms with van der Waals surface area (Å²) in [5.74, 6) is 0.888. The van der Waals surface area contributed by atoms with Crippen molar-refractivity contribution in [2.45, 2.75) is 26.3 Å². The zero-order valence-corrected chi connectivity index (χ0v) is 17.1. The van der Waals surface area contributed by atoms with Crippen LogP contribution in [0.15, 0.2) is 35.3 Å². The molecule has 1 fully saturated rings. The molecule has 0 atom stereocenters. The lowest BCUT2D eigenvalue weighted by molar-refractivity contribution is 0.126. The molecule has 0 radical (unpaired) electrons. The molecule has 27 heavy (non-hydrogen) atoms. The standard InChI is InChI=1S/C21H37N5O/c1-3-27-18-8-12-24-21(22-2)23-11-7-13-25-14-16-26(17-15-25)19-20-9-5-4-6-10-20/h4-6,9-10H,3,7-8,11-19H2,1-2H3,(H2,22,23,24). The fourth-order valence-corrected chi connectivity index (χ4v) is 3.27. The Morgan fingerprint density at radius 1 is 1.00 bits per heavy atom. The van der Waals surface area contributed by atoms with Gasteiger partial charge < -0.3 is 20.3 Å². The lowest BCUT2D eigenvalue weighted by Gasteiger charge is -2.34. The van der Waals surface area contributed by atoms with Crippen LogP contribution in [0.3, 0.4) is 0 Å². The Balaban J connectivity index is 1.51. The van der Waals surface area contributed by atoms with Crippen LogP contribution in [0, 0.1) is 0 Å². The van der Waals surface area contributed by atoms with Gasteiger partial charge in [0.05, 0.1) is 0 Å². The molecule has 0 bridgehead atoms. The number of piperazine rings is 1. The number of aliphatic imine (C=N–C) groups is 1. The Morgan fingerprint density at radius 3 is 2.33 bits per heavy atom. The predicted octanol–water partition coefficient (Wildman–Crippen LogP) is 1.79. The number of nitrogens with one attached hydrogen (secondary N) is 2. The van der Waals surface area contributed by atoms with Crippen molar-refractivity contribution < 1.29 is 4.74 Å². The summed E-state index contributed by atoms with van der Waals surface area (Å²) in [6.07, 6.45) is 2.14. The van der Waals surface area contributed by atoms with Crippen LogP contribution in [-0.2, 0) is 11.3 Å². The van der Waals surface area contributed by atoms with Gasteiger partial charge in [-0.05, 0) is 31.9 Å². The second kappa shape index (κ2) is 13.5. The van der Waals surface area contributed by atoms with Gasteiger partial charge in [0.1, 0.15) is 0 Å². The van der Waals surface area contributed by atoms with E-state index in [0.717, 1.165) is 84.4 Å². The quantitative estimate of drug-likeness (QED) is 0.351. The van der Waals surface area contributed by atoms with E-state index >= 15 is 0 Å². The number of guanidine groups is 1. The molecule has 1 aromatic rings. The Morgan fingerprint density at radius 2 is 1.67 bits per heavy atom. The molecule has 0 unspecified atom stereocenters. The highest BCUT2D eigenvalue weighted by atomic mass is 16.5. The van der Waals surface area contributed by atoms with Crippen molar-refractivity contribution in [3.05, 3.63) is 35.9 Å². The summed E-state index contributed by atoms with van der Waals surface area (Å²) in [6, 6.07) is 10.8. The van der Waals surface area contributed by atoms with E-state index in [-0.39, 0.29) is 0 Å². The zero-order valence-electron chi connectivity index (χ0n) is 17.1. The van der Waals surface area contributed by atoms with Gasteiger partial charge in [-0.3, -0.25) is 9.89 Å². The summed E-state index contributed by atoms with van der Waals surface area (Å²) in [6.45, 7) is 12.3. The smallest absolute Gasteiger partial charge is 0.190 e. The number of ether oxygens (including phenoxy) is 1. The summed E-state index contributed by atoms with van der Waals surface area (Å²) in [4.78, 5) is 9.40. The molecule has 1 aromatic carbocycles. The van der Waals surface area contributed by atoms with E-state index in [1.54, 1.807) is 0 Å². The minimum Gasteiger partial charge on any atom is -0.382 e. The molecule has 1 aliphatic rings. The molecule has 1 heterocycles. The van der Waals surface area contributed by atoms with Crippen LogP contribution in [0.1, 0.15) is 25.3 Å². The summed E-state index contributed by atoms with van der Waals surface area (Å²) >= 11 is 0. The molecule has 1 saturated heterocycles. The third-order valence-corrected chi connectivity index (χ3v) is 4.84. The Labute approximate surface area is 165 Å². The van der Waals surface area contributed by atoms with E-state index in [9.17, 15) is 0 Å². The largest absolute Gasteiger partial charge is 0.382 e. The maximum absolute atomic E-state index is 5.35. The van der Waals surface area contributed by atoms with Crippen LogP contribution in [-0.4, -0.2) is 81.8 Å². The second-order valence-electron chi connectivity index (χ2n) is 6.93. The lowest BCUT2D eigenvalue weighted by atomic mass is 10.2. The molecular weight excluding hydrogens is 338 g/mol. The molecule has 6 heteroatoms. The average Bonchev–Trinajstić information content (AvgIpc) is 2.71. The summed E-state index contributed by atoms with van der Waals surface area (Å²) < 4.78 is 5.35.